The number of aliphatic hydroxyl groups is 1. The number of hydrogen-bond donors (Lipinski definition) is 2. The molecular weight excluding hydrogens is 448 g/mol. The number of benzene rings is 1. The van der Waals surface area contributed by atoms with Gasteiger partial charge in [0.25, 0.3) is 0 Å². The number of aliphatic carboxylic acids is 1. The van der Waals surface area contributed by atoms with Gasteiger partial charge in [-0.05, 0) is 64.2 Å². The Balaban J connectivity index is 1.72. The number of carboxylic acids is 1. The molecule has 3 unspecified atom stereocenters. The van der Waals surface area contributed by atoms with Gasteiger partial charge in [0.05, 0.1) is 29.7 Å². The molecule has 2 heterocycles. The number of carbonyl (C=O) groups is 2. The van der Waals surface area contributed by atoms with Crippen LogP contribution in [-0.2, 0) is 9.53 Å². The van der Waals surface area contributed by atoms with E-state index in [4.69, 9.17) is 21.1 Å². The highest BCUT2D eigenvalue weighted by atomic mass is 35.5. The second kappa shape index (κ2) is 10.1. The first-order valence-electron chi connectivity index (χ1n) is 11.0. The number of piperidine rings is 1. The summed E-state index contributed by atoms with van der Waals surface area (Å²) in [6.45, 7) is 5.82. The molecule has 180 valence electrons. The monoisotopic (exact) mass is 478 g/mol. The second-order valence-electron chi connectivity index (χ2n) is 9.42. The van der Waals surface area contributed by atoms with Crippen LogP contribution in [0, 0.1) is 11.8 Å². The first kappa shape index (κ1) is 25.1. The van der Waals surface area contributed by atoms with Gasteiger partial charge in [0.1, 0.15) is 11.4 Å². The third-order valence-corrected chi connectivity index (χ3v) is 6.24. The lowest BCUT2D eigenvalue weighted by Crippen LogP contribution is -2.48. The first-order chi connectivity index (χ1) is 15.5. The van der Waals surface area contributed by atoms with Gasteiger partial charge in [0.2, 0.25) is 0 Å². The number of aromatic nitrogens is 1. The number of amides is 1. The molecule has 1 aliphatic rings. The van der Waals surface area contributed by atoms with Crippen molar-refractivity contribution >= 4 is 34.6 Å². The normalized spacial score (nSPS) is 19.9. The van der Waals surface area contributed by atoms with Crippen molar-refractivity contribution in [1.82, 2.24) is 9.88 Å². The minimum atomic E-state index is -0.958. The molecule has 1 aliphatic heterocycles. The number of aliphatic hydroxyl groups excluding tert-OH is 1. The third kappa shape index (κ3) is 6.06. The first-order valence-corrected chi connectivity index (χ1v) is 11.4. The number of carbonyl (C=O) groups excluding carboxylic acids is 1. The molecular formula is C24H31ClN2O6. The summed E-state index contributed by atoms with van der Waals surface area (Å²) in [6.07, 6.45) is 1.43. The fourth-order valence-corrected chi connectivity index (χ4v) is 4.54. The lowest BCUT2D eigenvalue weighted by molar-refractivity contribution is -0.146. The summed E-state index contributed by atoms with van der Waals surface area (Å²) in [5.74, 6) is -1.25. The Kier molecular flexibility index (Phi) is 7.69. The van der Waals surface area contributed by atoms with Crippen LogP contribution in [0.4, 0.5) is 4.79 Å². The standard InChI is InChI=1S/C24H31ClN2O6/c1-24(2,3)33-23(31)27-10-9-14(17(13-27)22(29)30)5-8-20(28)21-16-11-15(32-4)6-7-19(16)26-12-18(21)25/h6-7,11-12,14,17,20,28H,5,8-10,13H2,1-4H3,(H,29,30). The molecule has 33 heavy (non-hydrogen) atoms. The molecule has 2 aromatic rings. The van der Waals surface area contributed by atoms with Crippen LogP contribution in [0.25, 0.3) is 10.9 Å². The molecule has 3 atom stereocenters. The SMILES string of the molecule is COc1ccc2ncc(Cl)c(C(O)CCC3CCN(C(=O)OC(C)(C)C)CC3C(=O)O)c2c1. The summed E-state index contributed by atoms with van der Waals surface area (Å²) in [6, 6.07) is 5.37. The van der Waals surface area contributed by atoms with Gasteiger partial charge in [-0.2, -0.15) is 0 Å². The van der Waals surface area contributed by atoms with E-state index < -0.39 is 29.7 Å². The van der Waals surface area contributed by atoms with Crippen LogP contribution in [-0.4, -0.2) is 58.0 Å². The zero-order valence-corrected chi connectivity index (χ0v) is 20.1. The maximum Gasteiger partial charge on any atom is 0.410 e. The Morgan fingerprint density at radius 1 is 1.33 bits per heavy atom. The average molecular weight is 479 g/mol. The summed E-state index contributed by atoms with van der Waals surface area (Å²) in [7, 11) is 1.56. The van der Waals surface area contributed by atoms with Crippen molar-refractivity contribution in [2.24, 2.45) is 11.8 Å². The molecule has 1 aromatic heterocycles. The maximum absolute atomic E-state index is 12.4. The number of nitrogens with zero attached hydrogens (tertiary/aromatic N) is 2. The molecule has 3 rings (SSSR count). The smallest absolute Gasteiger partial charge is 0.410 e. The van der Waals surface area contributed by atoms with Crippen molar-refractivity contribution in [3.63, 3.8) is 0 Å². The van der Waals surface area contributed by atoms with Gasteiger partial charge in [0.15, 0.2) is 0 Å². The largest absolute Gasteiger partial charge is 0.497 e. The Hall–Kier alpha value is -2.58. The predicted molar refractivity (Wildman–Crippen MR) is 125 cm³/mol. The van der Waals surface area contributed by atoms with Crippen molar-refractivity contribution in [2.45, 2.75) is 51.7 Å². The zero-order valence-electron chi connectivity index (χ0n) is 19.4. The van der Waals surface area contributed by atoms with E-state index in [9.17, 15) is 19.8 Å². The summed E-state index contributed by atoms with van der Waals surface area (Å²) in [4.78, 5) is 30.1. The number of ether oxygens (including phenoxy) is 2. The van der Waals surface area contributed by atoms with Crippen LogP contribution in [0.5, 0.6) is 5.75 Å². The Labute approximate surface area is 198 Å². The Bertz CT molecular complexity index is 1020. The van der Waals surface area contributed by atoms with Crippen LogP contribution in [0.3, 0.4) is 0 Å². The third-order valence-electron chi connectivity index (χ3n) is 5.94. The van der Waals surface area contributed by atoms with E-state index in [1.807, 2.05) is 0 Å². The van der Waals surface area contributed by atoms with E-state index in [1.54, 1.807) is 46.1 Å². The van der Waals surface area contributed by atoms with Crippen LogP contribution in [0.15, 0.2) is 24.4 Å². The summed E-state index contributed by atoms with van der Waals surface area (Å²) in [5.41, 5.74) is 0.591. The van der Waals surface area contributed by atoms with Crippen LogP contribution >= 0.6 is 11.6 Å². The molecule has 0 spiro atoms. The lowest BCUT2D eigenvalue weighted by atomic mass is 9.81. The fraction of sp³-hybridized carbons (Fsp3) is 0.542. The Morgan fingerprint density at radius 2 is 2.06 bits per heavy atom. The molecule has 1 aromatic carbocycles. The highest BCUT2D eigenvalue weighted by Crippen LogP contribution is 2.37. The van der Waals surface area contributed by atoms with Crippen molar-refractivity contribution in [2.75, 3.05) is 20.2 Å². The molecule has 9 heteroatoms. The highest BCUT2D eigenvalue weighted by molar-refractivity contribution is 6.32. The van der Waals surface area contributed by atoms with Gasteiger partial charge in [-0.15, -0.1) is 0 Å². The lowest BCUT2D eigenvalue weighted by Gasteiger charge is -2.37. The van der Waals surface area contributed by atoms with Crippen LogP contribution in [0.1, 0.15) is 51.7 Å². The van der Waals surface area contributed by atoms with E-state index in [2.05, 4.69) is 4.98 Å². The van der Waals surface area contributed by atoms with Crippen LogP contribution in [0.2, 0.25) is 5.02 Å². The number of halogens is 1. The van der Waals surface area contributed by atoms with Crippen molar-refractivity contribution < 1.29 is 29.3 Å². The van der Waals surface area contributed by atoms with E-state index in [1.165, 1.54) is 11.1 Å². The molecule has 0 radical (unpaired) electrons. The van der Waals surface area contributed by atoms with E-state index >= 15 is 0 Å². The molecule has 2 N–H and O–H groups in total. The molecule has 8 nitrogen and oxygen atoms in total. The second-order valence-corrected chi connectivity index (χ2v) is 9.82. The number of pyridine rings is 1. The zero-order chi connectivity index (χ0) is 24.3. The van der Waals surface area contributed by atoms with Gasteiger partial charge in [-0.1, -0.05) is 11.6 Å². The number of fused-ring (bicyclic) bond motifs is 1. The van der Waals surface area contributed by atoms with Gasteiger partial charge >= 0.3 is 12.1 Å². The van der Waals surface area contributed by atoms with Gasteiger partial charge in [-0.3, -0.25) is 9.78 Å². The molecule has 1 amide bonds. The minimum absolute atomic E-state index is 0.0845. The van der Waals surface area contributed by atoms with Crippen molar-refractivity contribution in [3.8, 4) is 5.75 Å². The molecule has 0 bridgehead atoms. The summed E-state index contributed by atoms with van der Waals surface area (Å²) < 4.78 is 10.7. The topological polar surface area (TPSA) is 109 Å². The van der Waals surface area contributed by atoms with Gasteiger partial charge in [-0.25, -0.2) is 4.79 Å². The molecule has 1 fully saturated rings. The number of carboxylic acid groups (broad SMARTS) is 1. The number of rotatable bonds is 6. The number of hydrogen-bond acceptors (Lipinski definition) is 6. The van der Waals surface area contributed by atoms with Crippen LogP contribution < -0.4 is 4.74 Å². The average Bonchev–Trinajstić information content (AvgIpc) is 2.75. The van der Waals surface area contributed by atoms with E-state index in [0.717, 1.165) is 0 Å². The molecule has 1 saturated heterocycles. The maximum atomic E-state index is 12.4. The number of likely N-dealkylation sites (tertiary alicyclic amines) is 1. The molecule has 0 saturated carbocycles. The van der Waals surface area contributed by atoms with Gasteiger partial charge < -0.3 is 24.6 Å². The Morgan fingerprint density at radius 3 is 2.70 bits per heavy atom. The van der Waals surface area contributed by atoms with Crippen molar-refractivity contribution in [3.05, 3.63) is 35.0 Å². The molecule has 0 aliphatic carbocycles. The highest BCUT2D eigenvalue weighted by Gasteiger charge is 2.37. The summed E-state index contributed by atoms with van der Waals surface area (Å²) in [5, 5.41) is 21.8. The van der Waals surface area contributed by atoms with E-state index in [0.29, 0.717) is 53.0 Å². The van der Waals surface area contributed by atoms with Crippen molar-refractivity contribution in [1.29, 1.82) is 0 Å². The fourth-order valence-electron chi connectivity index (χ4n) is 4.27. The van der Waals surface area contributed by atoms with E-state index in [-0.39, 0.29) is 12.5 Å². The minimum Gasteiger partial charge on any atom is -0.497 e. The quantitative estimate of drug-likeness (QED) is 0.620. The number of methoxy groups -OCH3 is 1. The summed E-state index contributed by atoms with van der Waals surface area (Å²) >= 11 is 6.39. The van der Waals surface area contributed by atoms with Gasteiger partial charge in [0, 0.05) is 30.2 Å². The predicted octanol–water partition coefficient (Wildman–Crippen LogP) is 4.67.